The van der Waals surface area contributed by atoms with E-state index in [2.05, 4.69) is 15.3 Å². The normalized spacial score (nSPS) is 16.8. The van der Waals surface area contributed by atoms with Crippen molar-refractivity contribution in [2.24, 2.45) is 0 Å². The molecule has 0 unspecified atom stereocenters. The lowest BCUT2D eigenvalue weighted by molar-refractivity contribution is -0.119. The molecular weight excluding hydrogens is 208 g/mol. The zero-order valence-electron chi connectivity index (χ0n) is 8.89. The summed E-state index contributed by atoms with van der Waals surface area (Å²) in [7, 11) is 0. The summed E-state index contributed by atoms with van der Waals surface area (Å²) in [6.45, 7) is 1.68. The van der Waals surface area contributed by atoms with Crippen LogP contribution in [0, 0.1) is 0 Å². The van der Waals surface area contributed by atoms with E-state index >= 15 is 0 Å². The number of anilines is 1. The van der Waals surface area contributed by atoms with Gasteiger partial charge in [-0.25, -0.2) is 9.97 Å². The van der Waals surface area contributed by atoms with E-state index in [1.807, 2.05) is 4.90 Å². The van der Waals surface area contributed by atoms with E-state index in [-0.39, 0.29) is 12.5 Å². The zero-order valence-corrected chi connectivity index (χ0v) is 8.89. The molecule has 1 fully saturated rings. The Kier molecular flexibility index (Phi) is 3.31. The third kappa shape index (κ3) is 2.46. The van der Waals surface area contributed by atoms with Crippen LogP contribution in [0.15, 0.2) is 12.4 Å². The zero-order chi connectivity index (χ0) is 11.4. The van der Waals surface area contributed by atoms with Crippen LogP contribution in [-0.4, -0.2) is 40.6 Å². The van der Waals surface area contributed by atoms with Crippen molar-refractivity contribution in [1.82, 2.24) is 15.3 Å². The third-order valence-corrected chi connectivity index (χ3v) is 2.42. The van der Waals surface area contributed by atoms with Gasteiger partial charge in [0.15, 0.2) is 0 Å². The Morgan fingerprint density at radius 2 is 2.19 bits per heavy atom. The molecule has 0 aromatic carbocycles. The molecule has 0 atom stereocenters. The first-order chi connectivity index (χ1) is 7.79. The molecule has 1 saturated heterocycles. The number of nitrogens with zero attached hydrogens (tertiary/aromatic N) is 3. The fourth-order valence-electron chi connectivity index (χ4n) is 1.57. The van der Waals surface area contributed by atoms with Gasteiger partial charge >= 0.3 is 0 Å². The smallest absolute Gasteiger partial charge is 0.239 e. The topological polar surface area (TPSA) is 78.4 Å². The molecule has 16 heavy (non-hydrogen) atoms. The average molecular weight is 222 g/mol. The van der Waals surface area contributed by atoms with E-state index in [1.165, 1.54) is 0 Å². The highest BCUT2D eigenvalue weighted by molar-refractivity contribution is 5.81. The van der Waals surface area contributed by atoms with Gasteiger partial charge in [0.05, 0.1) is 13.2 Å². The summed E-state index contributed by atoms with van der Waals surface area (Å²) in [5.74, 6) is 0.529. The van der Waals surface area contributed by atoms with Gasteiger partial charge in [-0.15, -0.1) is 0 Å². The lowest BCUT2D eigenvalue weighted by Gasteiger charge is -2.18. The average Bonchev–Trinajstić information content (AvgIpc) is 2.54. The maximum Gasteiger partial charge on any atom is 0.239 e. The van der Waals surface area contributed by atoms with E-state index in [9.17, 15) is 4.79 Å². The van der Waals surface area contributed by atoms with Gasteiger partial charge < -0.3 is 15.3 Å². The molecule has 1 aromatic heterocycles. The van der Waals surface area contributed by atoms with Gasteiger partial charge in [0, 0.05) is 31.0 Å². The molecule has 0 spiro atoms. The summed E-state index contributed by atoms with van der Waals surface area (Å²) in [5.41, 5.74) is 0.669. The van der Waals surface area contributed by atoms with Gasteiger partial charge in [-0.2, -0.15) is 0 Å². The van der Waals surface area contributed by atoms with Crippen molar-refractivity contribution < 1.29 is 9.90 Å². The lowest BCUT2D eigenvalue weighted by atomic mass is 10.4. The summed E-state index contributed by atoms with van der Waals surface area (Å²) in [6, 6.07) is 0. The van der Waals surface area contributed by atoms with Crippen LogP contribution in [0.3, 0.4) is 0 Å². The van der Waals surface area contributed by atoms with Crippen LogP contribution in [0.25, 0.3) is 0 Å². The largest absolute Gasteiger partial charge is 0.392 e. The van der Waals surface area contributed by atoms with Crippen molar-refractivity contribution >= 4 is 11.9 Å². The van der Waals surface area contributed by atoms with E-state index in [4.69, 9.17) is 5.11 Å². The van der Waals surface area contributed by atoms with Crippen molar-refractivity contribution in [3.8, 4) is 0 Å². The van der Waals surface area contributed by atoms with E-state index < -0.39 is 0 Å². The molecule has 1 aromatic rings. The first-order valence-electron chi connectivity index (χ1n) is 5.23. The minimum absolute atomic E-state index is 0.00710. The number of aliphatic hydroxyl groups is 1. The summed E-state index contributed by atoms with van der Waals surface area (Å²) < 4.78 is 0. The fraction of sp³-hybridized carbons (Fsp3) is 0.500. The maximum absolute atomic E-state index is 11.3. The van der Waals surface area contributed by atoms with Gasteiger partial charge in [-0.3, -0.25) is 4.79 Å². The Bertz CT molecular complexity index is 366. The second-order valence-corrected chi connectivity index (χ2v) is 3.67. The highest BCUT2D eigenvalue weighted by Gasteiger charge is 2.16. The predicted octanol–water partition coefficient (Wildman–Crippen LogP) is -0.705. The number of amides is 1. The van der Waals surface area contributed by atoms with Crippen LogP contribution in [0.5, 0.6) is 0 Å². The van der Waals surface area contributed by atoms with Crippen molar-refractivity contribution in [2.75, 3.05) is 24.5 Å². The molecule has 2 rings (SSSR count). The predicted molar refractivity (Wildman–Crippen MR) is 57.8 cm³/mol. The van der Waals surface area contributed by atoms with Crippen LogP contribution in [0.2, 0.25) is 0 Å². The molecular formula is C10H14N4O2. The van der Waals surface area contributed by atoms with Crippen LogP contribution in [0.4, 0.5) is 5.95 Å². The summed E-state index contributed by atoms with van der Waals surface area (Å²) in [5, 5.41) is 11.7. The Morgan fingerprint density at radius 1 is 1.44 bits per heavy atom. The summed E-state index contributed by atoms with van der Waals surface area (Å²) >= 11 is 0. The second-order valence-electron chi connectivity index (χ2n) is 3.67. The molecule has 86 valence electrons. The van der Waals surface area contributed by atoms with Crippen molar-refractivity contribution in [3.05, 3.63) is 18.0 Å². The SMILES string of the molecule is O=C1CN(c2ncc(CO)cn2)CCCN1. The number of aromatic nitrogens is 2. The van der Waals surface area contributed by atoms with Crippen molar-refractivity contribution in [1.29, 1.82) is 0 Å². The minimum atomic E-state index is -0.0687. The molecule has 6 heteroatoms. The van der Waals surface area contributed by atoms with Gasteiger partial charge in [0.25, 0.3) is 0 Å². The number of hydrogen-bond acceptors (Lipinski definition) is 5. The number of hydrogen-bond donors (Lipinski definition) is 2. The number of aliphatic hydroxyl groups excluding tert-OH is 1. The Morgan fingerprint density at radius 3 is 2.88 bits per heavy atom. The molecule has 2 heterocycles. The van der Waals surface area contributed by atoms with Gasteiger partial charge in [-0.05, 0) is 6.42 Å². The molecule has 1 amide bonds. The molecule has 2 N–H and O–H groups in total. The number of carbonyl (C=O) groups excluding carboxylic acids is 1. The van der Waals surface area contributed by atoms with E-state index in [0.29, 0.717) is 24.6 Å². The second kappa shape index (κ2) is 4.89. The molecule has 0 radical (unpaired) electrons. The van der Waals surface area contributed by atoms with Gasteiger partial charge in [-0.1, -0.05) is 0 Å². The molecule has 6 nitrogen and oxygen atoms in total. The molecule has 0 saturated carbocycles. The van der Waals surface area contributed by atoms with E-state index in [0.717, 1.165) is 13.0 Å². The van der Waals surface area contributed by atoms with Crippen LogP contribution in [0.1, 0.15) is 12.0 Å². The third-order valence-electron chi connectivity index (χ3n) is 2.42. The van der Waals surface area contributed by atoms with E-state index in [1.54, 1.807) is 12.4 Å². The maximum atomic E-state index is 11.3. The Labute approximate surface area is 93.3 Å². The lowest BCUT2D eigenvalue weighted by Crippen LogP contribution is -2.34. The minimum Gasteiger partial charge on any atom is -0.392 e. The highest BCUT2D eigenvalue weighted by Crippen LogP contribution is 2.08. The molecule has 1 aliphatic rings. The van der Waals surface area contributed by atoms with Crippen LogP contribution in [-0.2, 0) is 11.4 Å². The van der Waals surface area contributed by atoms with Crippen molar-refractivity contribution in [3.63, 3.8) is 0 Å². The quantitative estimate of drug-likeness (QED) is 0.691. The van der Waals surface area contributed by atoms with Gasteiger partial charge in [0.1, 0.15) is 0 Å². The highest BCUT2D eigenvalue weighted by atomic mass is 16.3. The Balaban J connectivity index is 2.12. The van der Waals surface area contributed by atoms with Gasteiger partial charge in [0.2, 0.25) is 11.9 Å². The molecule has 0 aliphatic carbocycles. The standard InChI is InChI=1S/C10H14N4O2/c15-7-8-4-12-10(13-5-8)14-3-1-2-11-9(16)6-14/h4-5,15H,1-3,6-7H2,(H,11,16). The molecule has 0 bridgehead atoms. The summed E-state index contributed by atoms with van der Waals surface area (Å²) in [4.78, 5) is 21.4. The molecule has 1 aliphatic heterocycles. The Hall–Kier alpha value is -1.69. The van der Waals surface area contributed by atoms with Crippen LogP contribution >= 0.6 is 0 Å². The number of rotatable bonds is 2. The summed E-state index contributed by atoms with van der Waals surface area (Å²) in [6.07, 6.45) is 4.03. The fourth-order valence-corrected chi connectivity index (χ4v) is 1.57. The van der Waals surface area contributed by atoms with Crippen LogP contribution < -0.4 is 10.2 Å². The van der Waals surface area contributed by atoms with Crippen molar-refractivity contribution in [2.45, 2.75) is 13.0 Å². The number of nitrogens with one attached hydrogen (secondary N) is 1. The number of carbonyl (C=O) groups is 1. The first kappa shape index (κ1) is 10.8. The first-order valence-corrected chi connectivity index (χ1v) is 5.23. The monoisotopic (exact) mass is 222 g/mol.